The van der Waals surface area contributed by atoms with Gasteiger partial charge >= 0.3 is 7.60 Å². The molecule has 0 aliphatic carbocycles. The van der Waals surface area contributed by atoms with Crippen molar-refractivity contribution in [3.63, 3.8) is 0 Å². The van der Waals surface area contributed by atoms with Gasteiger partial charge in [0, 0.05) is 11.1 Å². The summed E-state index contributed by atoms with van der Waals surface area (Å²) >= 11 is 0. The lowest BCUT2D eigenvalue weighted by atomic mass is 9.99. The summed E-state index contributed by atoms with van der Waals surface area (Å²) in [5, 5.41) is -0.235. The minimum atomic E-state index is -4.51. The Morgan fingerprint density at radius 3 is 2.00 bits per heavy atom. The molecule has 0 aliphatic heterocycles. The van der Waals surface area contributed by atoms with Gasteiger partial charge in [0.15, 0.2) is 23.2 Å². The number of allylic oxidation sites excluding steroid dienone is 1. The maximum atomic E-state index is 14.8. The second-order valence-electron chi connectivity index (χ2n) is 7.52. The number of ether oxygens (including phenoxy) is 1. The van der Waals surface area contributed by atoms with Crippen molar-refractivity contribution < 1.29 is 36.7 Å². The van der Waals surface area contributed by atoms with E-state index in [1.165, 1.54) is 38.1 Å². The Morgan fingerprint density at radius 2 is 1.45 bits per heavy atom. The van der Waals surface area contributed by atoms with Crippen molar-refractivity contribution >= 4 is 12.9 Å². The zero-order valence-corrected chi connectivity index (χ0v) is 18.7. The molecule has 0 saturated heterocycles. The lowest BCUT2D eigenvalue weighted by Gasteiger charge is -2.16. The van der Waals surface area contributed by atoms with Gasteiger partial charge in [-0.3, -0.25) is 4.57 Å². The molecule has 0 radical (unpaired) electrons. The third kappa shape index (κ3) is 5.03. The zero-order chi connectivity index (χ0) is 24.5. The zero-order valence-electron chi connectivity index (χ0n) is 17.8. The lowest BCUT2D eigenvalue weighted by Crippen LogP contribution is -2.07. The molecule has 9 heteroatoms. The molecule has 0 saturated carbocycles. The second kappa shape index (κ2) is 9.51. The molecule has 0 bridgehead atoms. The standard InChI is InChI=1S/C24H21F4O4P/c1-4-5-6-15-7-8-17(21(26)20(15)25)18-9-10-19(23(28)22(18)27)32-24-13(2)11-16(12-14(24)3)33(29,30)31/h4,7-12H,1,5-6H2,2-3H3,(H2,29,30,31). The van der Waals surface area contributed by atoms with E-state index in [0.29, 0.717) is 17.5 Å². The van der Waals surface area contributed by atoms with Crippen LogP contribution >= 0.6 is 7.60 Å². The first-order valence-electron chi connectivity index (χ1n) is 9.87. The molecule has 3 rings (SSSR count). The average molecular weight is 480 g/mol. The summed E-state index contributed by atoms with van der Waals surface area (Å²) in [6.45, 7) is 6.52. The van der Waals surface area contributed by atoms with Gasteiger partial charge in [0.2, 0.25) is 5.82 Å². The number of hydrogen-bond acceptors (Lipinski definition) is 2. The molecule has 3 aromatic carbocycles. The predicted octanol–water partition coefficient (Wildman–Crippen LogP) is 6.24. The van der Waals surface area contributed by atoms with Crippen LogP contribution < -0.4 is 10.0 Å². The molecule has 0 atom stereocenters. The minimum absolute atomic E-state index is 0.0852. The number of halogens is 4. The summed E-state index contributed by atoms with van der Waals surface area (Å²) in [5.74, 6) is -5.70. The fraction of sp³-hybridized carbons (Fsp3) is 0.167. The molecule has 4 nitrogen and oxygen atoms in total. The van der Waals surface area contributed by atoms with Gasteiger partial charge in [-0.2, -0.15) is 4.39 Å². The Morgan fingerprint density at radius 1 is 0.909 bits per heavy atom. The quantitative estimate of drug-likeness (QED) is 0.239. The summed E-state index contributed by atoms with van der Waals surface area (Å²) in [6, 6.07) is 7.03. The molecule has 0 heterocycles. The summed E-state index contributed by atoms with van der Waals surface area (Å²) in [4.78, 5) is 18.7. The molecule has 2 N–H and O–H groups in total. The van der Waals surface area contributed by atoms with Gasteiger partial charge in [0.05, 0.1) is 5.30 Å². The van der Waals surface area contributed by atoms with Gasteiger partial charge in [-0.15, -0.1) is 6.58 Å². The van der Waals surface area contributed by atoms with Gasteiger partial charge in [-0.25, -0.2) is 13.2 Å². The Balaban J connectivity index is 1.99. The summed E-state index contributed by atoms with van der Waals surface area (Å²) < 4.78 is 75.5. The molecule has 0 amide bonds. The predicted molar refractivity (Wildman–Crippen MR) is 118 cm³/mol. The highest BCUT2D eigenvalue weighted by Crippen LogP contribution is 2.39. The molecular formula is C24H21F4O4P. The van der Waals surface area contributed by atoms with Gasteiger partial charge in [0.1, 0.15) is 5.75 Å². The Labute approximate surface area is 188 Å². The number of hydrogen-bond donors (Lipinski definition) is 2. The summed E-state index contributed by atoms with van der Waals surface area (Å²) in [6.07, 6.45) is 2.20. The van der Waals surface area contributed by atoms with Crippen molar-refractivity contribution in [2.45, 2.75) is 26.7 Å². The van der Waals surface area contributed by atoms with Crippen LogP contribution in [0.25, 0.3) is 11.1 Å². The molecule has 0 unspecified atom stereocenters. The smallest absolute Gasteiger partial charge is 0.356 e. The van der Waals surface area contributed by atoms with Crippen molar-refractivity contribution in [3.8, 4) is 22.6 Å². The van der Waals surface area contributed by atoms with Gasteiger partial charge in [-0.05, 0) is 67.6 Å². The van der Waals surface area contributed by atoms with Crippen molar-refractivity contribution in [2.75, 3.05) is 0 Å². The van der Waals surface area contributed by atoms with Crippen LogP contribution in [-0.4, -0.2) is 9.79 Å². The van der Waals surface area contributed by atoms with Crippen molar-refractivity contribution in [3.05, 3.63) is 89.0 Å². The van der Waals surface area contributed by atoms with Crippen molar-refractivity contribution in [1.82, 2.24) is 0 Å². The van der Waals surface area contributed by atoms with E-state index < -0.39 is 47.7 Å². The van der Waals surface area contributed by atoms with E-state index in [2.05, 4.69) is 6.58 Å². The molecule has 0 fully saturated rings. The van der Waals surface area contributed by atoms with Crippen LogP contribution in [0.4, 0.5) is 17.6 Å². The number of benzene rings is 3. The summed E-state index contributed by atoms with van der Waals surface area (Å²) in [5.41, 5.74) is -0.226. The Bertz CT molecular complexity index is 1260. The minimum Gasteiger partial charge on any atom is -0.454 e. The monoisotopic (exact) mass is 480 g/mol. The molecule has 0 aromatic heterocycles. The average Bonchev–Trinajstić information content (AvgIpc) is 2.74. The first kappa shape index (κ1) is 24.7. The highest BCUT2D eigenvalue weighted by molar-refractivity contribution is 7.60. The lowest BCUT2D eigenvalue weighted by molar-refractivity contribution is 0.387. The maximum Gasteiger partial charge on any atom is 0.356 e. The SMILES string of the molecule is C=CCCc1ccc(-c2ccc(Oc3c(C)cc(P(=O)(O)O)cc3C)c(F)c2F)c(F)c1F. The molecule has 0 spiro atoms. The Kier molecular flexibility index (Phi) is 7.12. The van der Waals surface area contributed by atoms with E-state index in [-0.39, 0.29) is 23.0 Å². The molecule has 3 aromatic rings. The van der Waals surface area contributed by atoms with Crippen LogP contribution in [0.3, 0.4) is 0 Å². The highest BCUT2D eigenvalue weighted by Gasteiger charge is 2.24. The fourth-order valence-electron chi connectivity index (χ4n) is 3.43. The van der Waals surface area contributed by atoms with Crippen LogP contribution in [-0.2, 0) is 11.0 Å². The number of aryl methyl sites for hydroxylation is 3. The highest BCUT2D eigenvalue weighted by atomic mass is 31.2. The topological polar surface area (TPSA) is 66.8 Å². The second-order valence-corrected chi connectivity index (χ2v) is 9.13. The first-order chi connectivity index (χ1) is 15.5. The van der Waals surface area contributed by atoms with Gasteiger partial charge < -0.3 is 14.5 Å². The van der Waals surface area contributed by atoms with E-state index in [1.54, 1.807) is 6.08 Å². The van der Waals surface area contributed by atoms with Gasteiger partial charge in [-0.1, -0.05) is 18.2 Å². The van der Waals surface area contributed by atoms with Crippen LogP contribution in [0.2, 0.25) is 0 Å². The molecular weight excluding hydrogens is 459 g/mol. The summed E-state index contributed by atoms with van der Waals surface area (Å²) in [7, 11) is -4.51. The van der Waals surface area contributed by atoms with E-state index in [0.717, 1.165) is 12.1 Å². The van der Waals surface area contributed by atoms with Crippen molar-refractivity contribution in [1.29, 1.82) is 0 Å². The largest absolute Gasteiger partial charge is 0.454 e. The normalized spacial score (nSPS) is 11.5. The van der Waals surface area contributed by atoms with E-state index >= 15 is 0 Å². The van der Waals surface area contributed by atoms with Crippen LogP contribution in [0.5, 0.6) is 11.5 Å². The van der Waals surface area contributed by atoms with Crippen LogP contribution in [0.15, 0.2) is 49.1 Å². The van der Waals surface area contributed by atoms with Crippen LogP contribution in [0, 0.1) is 37.1 Å². The van der Waals surface area contributed by atoms with E-state index in [4.69, 9.17) is 4.74 Å². The molecule has 33 heavy (non-hydrogen) atoms. The first-order valence-corrected chi connectivity index (χ1v) is 11.5. The van der Waals surface area contributed by atoms with E-state index in [1.807, 2.05) is 0 Å². The molecule has 174 valence electrons. The third-order valence-electron chi connectivity index (χ3n) is 5.11. The fourth-order valence-corrected chi connectivity index (χ4v) is 4.16. The van der Waals surface area contributed by atoms with E-state index in [9.17, 15) is 31.9 Å². The third-order valence-corrected chi connectivity index (χ3v) is 6.04. The number of rotatable bonds is 7. The van der Waals surface area contributed by atoms with Gasteiger partial charge in [0.25, 0.3) is 0 Å². The molecule has 0 aliphatic rings. The Hall–Kier alpha value is -2.93. The van der Waals surface area contributed by atoms with Crippen LogP contribution in [0.1, 0.15) is 23.1 Å². The van der Waals surface area contributed by atoms with Crippen molar-refractivity contribution in [2.24, 2.45) is 0 Å². The maximum absolute atomic E-state index is 14.8.